The fraction of sp³-hybridized carbons (Fsp3) is 0.350. The molecule has 1 aliphatic rings. The van der Waals surface area contributed by atoms with E-state index in [9.17, 15) is 13.2 Å². The molecule has 2 aromatic rings. The molecule has 0 saturated carbocycles. The molecule has 1 saturated heterocycles. The molecule has 29 heavy (non-hydrogen) atoms. The van der Waals surface area contributed by atoms with Gasteiger partial charge in [0.25, 0.3) is 0 Å². The van der Waals surface area contributed by atoms with Gasteiger partial charge in [0.1, 0.15) is 5.75 Å². The highest BCUT2D eigenvalue weighted by atomic mass is 35.5. The van der Waals surface area contributed by atoms with Gasteiger partial charge in [-0.1, -0.05) is 23.7 Å². The number of rotatable bonds is 7. The van der Waals surface area contributed by atoms with Gasteiger partial charge in [-0.2, -0.15) is 8.42 Å². The molecule has 3 rings (SSSR count). The van der Waals surface area contributed by atoms with Gasteiger partial charge >= 0.3 is 16.1 Å². The van der Waals surface area contributed by atoms with Crippen molar-refractivity contribution in [2.45, 2.75) is 25.5 Å². The minimum atomic E-state index is -3.58. The van der Waals surface area contributed by atoms with Crippen LogP contribution in [0.3, 0.4) is 0 Å². The van der Waals surface area contributed by atoms with E-state index in [2.05, 4.69) is 5.32 Å². The lowest BCUT2D eigenvalue weighted by Gasteiger charge is -2.26. The topological polar surface area (TPSA) is 84.9 Å². The number of anilines is 1. The number of ether oxygens (including phenoxy) is 1. The second-order valence-corrected chi connectivity index (χ2v) is 8.90. The van der Waals surface area contributed by atoms with E-state index >= 15 is 0 Å². The van der Waals surface area contributed by atoms with E-state index in [4.69, 9.17) is 20.5 Å². The Labute approximate surface area is 175 Å². The molecule has 1 heterocycles. The van der Waals surface area contributed by atoms with Crippen LogP contribution in [0.25, 0.3) is 0 Å². The largest absolute Gasteiger partial charge is 0.383 e. The van der Waals surface area contributed by atoms with Crippen LogP contribution in [0.5, 0.6) is 5.75 Å². The molecule has 0 aromatic heterocycles. The summed E-state index contributed by atoms with van der Waals surface area (Å²) in [5.74, 6) is 0.229. The third kappa shape index (κ3) is 6.92. The first-order chi connectivity index (χ1) is 13.8. The second-order valence-electron chi connectivity index (χ2n) is 6.88. The summed E-state index contributed by atoms with van der Waals surface area (Å²) in [6, 6.07) is 13.2. The molecule has 9 heteroatoms. The normalized spacial score (nSPS) is 16.4. The number of halogens is 1. The molecule has 0 radical (unpaired) electrons. The Bertz CT molecular complexity index is 926. The lowest BCUT2D eigenvalue weighted by molar-refractivity contribution is 0.0819. The Morgan fingerprint density at radius 1 is 1.21 bits per heavy atom. The van der Waals surface area contributed by atoms with Gasteiger partial charge in [0.15, 0.2) is 0 Å². The molecular weight excluding hydrogens is 416 g/mol. The van der Waals surface area contributed by atoms with E-state index in [0.29, 0.717) is 30.4 Å². The molecule has 7 nitrogen and oxygen atoms in total. The molecular formula is C20H23ClN2O5S. The number of nitrogens with one attached hydrogen (secondary N) is 1. The van der Waals surface area contributed by atoms with Gasteiger partial charge < -0.3 is 19.1 Å². The van der Waals surface area contributed by atoms with Crippen molar-refractivity contribution >= 4 is 33.4 Å². The number of amides is 2. The Kier molecular flexibility index (Phi) is 7.00. The third-order valence-corrected chi connectivity index (χ3v) is 5.12. The summed E-state index contributed by atoms with van der Waals surface area (Å²) in [5, 5.41) is 3.47. The Morgan fingerprint density at radius 2 is 1.90 bits per heavy atom. The number of hydrogen-bond acceptors (Lipinski definition) is 5. The van der Waals surface area contributed by atoms with E-state index < -0.39 is 10.1 Å². The maximum Gasteiger partial charge on any atom is 0.322 e. The van der Waals surface area contributed by atoms with Crippen LogP contribution in [-0.4, -0.2) is 44.9 Å². The monoisotopic (exact) mass is 438 g/mol. The predicted molar refractivity (Wildman–Crippen MR) is 112 cm³/mol. The zero-order valence-electron chi connectivity index (χ0n) is 16.0. The number of carbonyl (C=O) groups is 1. The number of benzene rings is 2. The van der Waals surface area contributed by atoms with Crippen molar-refractivity contribution in [3.63, 3.8) is 0 Å². The Balaban J connectivity index is 1.70. The Morgan fingerprint density at radius 3 is 2.48 bits per heavy atom. The van der Waals surface area contributed by atoms with Crippen LogP contribution in [0.2, 0.25) is 5.02 Å². The van der Waals surface area contributed by atoms with Crippen molar-refractivity contribution in [1.29, 1.82) is 0 Å². The number of carbonyl (C=O) groups excluding carboxylic acids is 1. The lowest BCUT2D eigenvalue weighted by Crippen LogP contribution is -2.39. The van der Waals surface area contributed by atoms with Crippen LogP contribution in [0.15, 0.2) is 48.5 Å². The van der Waals surface area contributed by atoms with Gasteiger partial charge in [0.2, 0.25) is 0 Å². The van der Waals surface area contributed by atoms with Crippen molar-refractivity contribution < 1.29 is 22.1 Å². The highest BCUT2D eigenvalue weighted by Crippen LogP contribution is 2.20. The molecule has 1 aliphatic heterocycles. The molecule has 0 spiro atoms. The van der Waals surface area contributed by atoms with Crippen molar-refractivity contribution in [3.05, 3.63) is 59.1 Å². The van der Waals surface area contributed by atoms with E-state index in [1.807, 2.05) is 0 Å². The molecule has 2 aromatic carbocycles. The summed E-state index contributed by atoms with van der Waals surface area (Å²) in [6.45, 7) is 1.51. The summed E-state index contributed by atoms with van der Waals surface area (Å²) in [5.41, 5.74) is 1.49. The zero-order valence-corrected chi connectivity index (χ0v) is 17.6. The van der Waals surface area contributed by atoms with Gasteiger partial charge in [0, 0.05) is 30.4 Å². The van der Waals surface area contributed by atoms with Crippen LogP contribution in [-0.2, 0) is 21.4 Å². The van der Waals surface area contributed by atoms with Crippen molar-refractivity contribution in [1.82, 2.24) is 4.90 Å². The molecule has 156 valence electrons. The average Bonchev–Trinajstić information content (AvgIpc) is 3.16. The second kappa shape index (κ2) is 9.47. The fourth-order valence-electron chi connectivity index (χ4n) is 3.03. The van der Waals surface area contributed by atoms with Gasteiger partial charge in [-0.05, 0) is 54.8 Å². The zero-order chi connectivity index (χ0) is 20.9. The van der Waals surface area contributed by atoms with Crippen LogP contribution in [0.4, 0.5) is 10.5 Å². The van der Waals surface area contributed by atoms with E-state index in [-0.39, 0.29) is 17.9 Å². The van der Waals surface area contributed by atoms with Crippen molar-refractivity contribution in [2.75, 3.05) is 24.7 Å². The number of nitrogens with zero attached hydrogens (tertiary/aromatic N) is 1. The van der Waals surface area contributed by atoms with Crippen molar-refractivity contribution in [2.24, 2.45) is 0 Å². The summed E-state index contributed by atoms with van der Waals surface area (Å²) in [7, 11) is -3.58. The lowest BCUT2D eigenvalue weighted by atomic mass is 10.2. The van der Waals surface area contributed by atoms with Gasteiger partial charge in [0.05, 0.1) is 12.4 Å². The Hall–Kier alpha value is -2.29. The minimum Gasteiger partial charge on any atom is -0.383 e. The van der Waals surface area contributed by atoms with Gasteiger partial charge in [-0.25, -0.2) is 4.79 Å². The van der Waals surface area contributed by atoms with Crippen molar-refractivity contribution in [3.8, 4) is 5.75 Å². The van der Waals surface area contributed by atoms with Gasteiger partial charge in [-0.3, -0.25) is 0 Å². The SMILES string of the molecule is CS(=O)(=O)Oc1ccc(CN(C[C@H]2CCCO2)C(=O)Nc2ccc(Cl)cc2)cc1. The minimum absolute atomic E-state index is 0.00110. The quantitative estimate of drug-likeness (QED) is 0.663. The van der Waals surface area contributed by atoms with E-state index in [1.54, 1.807) is 53.4 Å². The molecule has 1 fully saturated rings. The summed E-state index contributed by atoms with van der Waals surface area (Å²) < 4.78 is 33.0. The first-order valence-electron chi connectivity index (χ1n) is 9.20. The molecule has 1 atom stereocenters. The predicted octanol–water partition coefficient (Wildman–Crippen LogP) is 3.89. The van der Waals surface area contributed by atoms with Crippen LogP contribution < -0.4 is 9.50 Å². The first kappa shape index (κ1) is 21.4. The van der Waals surface area contributed by atoms with Crippen LogP contribution >= 0.6 is 11.6 Å². The molecule has 0 aliphatic carbocycles. The van der Waals surface area contributed by atoms with Crippen LogP contribution in [0.1, 0.15) is 18.4 Å². The van der Waals surface area contributed by atoms with E-state index in [1.165, 1.54) is 0 Å². The summed E-state index contributed by atoms with van der Waals surface area (Å²) in [4.78, 5) is 14.5. The first-order valence-corrected chi connectivity index (χ1v) is 11.4. The molecule has 0 bridgehead atoms. The molecule has 0 unspecified atom stereocenters. The number of hydrogen-bond donors (Lipinski definition) is 1. The average molecular weight is 439 g/mol. The molecule has 2 amide bonds. The third-order valence-electron chi connectivity index (χ3n) is 4.38. The van der Waals surface area contributed by atoms with Crippen LogP contribution in [0, 0.1) is 0 Å². The van der Waals surface area contributed by atoms with E-state index in [0.717, 1.165) is 24.7 Å². The standard InChI is InChI=1S/C20H23ClN2O5S/c1-29(25,26)28-18-10-4-15(5-11-18)13-23(14-19-3-2-12-27-19)20(24)22-17-8-6-16(21)7-9-17/h4-11,19H,2-3,12-14H2,1H3,(H,22,24)/t19-/m1/s1. The summed E-state index contributed by atoms with van der Waals surface area (Å²) >= 11 is 5.90. The fourth-order valence-corrected chi connectivity index (χ4v) is 3.62. The maximum absolute atomic E-state index is 12.9. The maximum atomic E-state index is 12.9. The van der Waals surface area contributed by atoms with Gasteiger partial charge in [-0.15, -0.1) is 0 Å². The summed E-state index contributed by atoms with van der Waals surface area (Å²) in [6.07, 6.45) is 2.88. The highest BCUT2D eigenvalue weighted by molar-refractivity contribution is 7.86. The number of urea groups is 1. The highest BCUT2D eigenvalue weighted by Gasteiger charge is 2.23. The smallest absolute Gasteiger partial charge is 0.322 e. The molecule has 1 N–H and O–H groups in total.